The van der Waals surface area contributed by atoms with Gasteiger partial charge in [-0.25, -0.2) is 4.85 Å². The zero-order valence-electron chi connectivity index (χ0n) is 24.9. The Hall–Kier alpha value is -3.42. The highest BCUT2D eigenvalue weighted by molar-refractivity contribution is 5.94. The lowest BCUT2D eigenvalue weighted by atomic mass is 10.0. The summed E-state index contributed by atoms with van der Waals surface area (Å²) in [4.78, 5) is 21.8. The highest BCUT2D eigenvalue weighted by atomic mass is 16.2. The summed E-state index contributed by atoms with van der Waals surface area (Å²) in [7, 11) is 0. The van der Waals surface area contributed by atoms with Crippen molar-refractivity contribution in [1.82, 2.24) is 9.80 Å². The SMILES string of the molecule is [C-]#[N+]c1ccc(-c2ccc(CN(CCN(CCCC)CCCC)C(=O)c3ccc(CCCCC)cc3)cc2)cc1. The molecule has 4 heteroatoms. The molecule has 0 aromatic heterocycles. The summed E-state index contributed by atoms with van der Waals surface area (Å²) in [5.74, 6) is 0.102. The van der Waals surface area contributed by atoms with Crippen LogP contribution in [0, 0.1) is 6.57 Å². The van der Waals surface area contributed by atoms with Crippen LogP contribution in [-0.2, 0) is 13.0 Å². The zero-order valence-corrected chi connectivity index (χ0v) is 24.9. The maximum absolute atomic E-state index is 13.8. The molecule has 0 fully saturated rings. The number of unbranched alkanes of at least 4 members (excludes halogenated alkanes) is 4. The Bertz CT molecular complexity index is 1170. The van der Waals surface area contributed by atoms with Gasteiger partial charge in [-0.2, -0.15) is 0 Å². The van der Waals surface area contributed by atoms with Crippen LogP contribution in [0.4, 0.5) is 5.69 Å². The van der Waals surface area contributed by atoms with Gasteiger partial charge in [0.15, 0.2) is 5.69 Å². The van der Waals surface area contributed by atoms with E-state index in [2.05, 4.69) is 66.9 Å². The van der Waals surface area contributed by atoms with Gasteiger partial charge in [-0.1, -0.05) is 107 Å². The first kappa shape index (κ1) is 31.1. The molecule has 1 amide bonds. The molecule has 0 atom stereocenters. The van der Waals surface area contributed by atoms with Crippen molar-refractivity contribution in [1.29, 1.82) is 0 Å². The smallest absolute Gasteiger partial charge is 0.254 e. The summed E-state index contributed by atoms with van der Waals surface area (Å²) in [5, 5.41) is 0. The minimum atomic E-state index is 0.102. The van der Waals surface area contributed by atoms with E-state index in [-0.39, 0.29) is 5.91 Å². The first-order valence-corrected chi connectivity index (χ1v) is 15.2. The van der Waals surface area contributed by atoms with Gasteiger partial charge in [0.25, 0.3) is 5.91 Å². The molecule has 3 rings (SSSR count). The first-order valence-electron chi connectivity index (χ1n) is 15.2. The lowest BCUT2D eigenvalue weighted by molar-refractivity contribution is 0.0720. The van der Waals surface area contributed by atoms with Gasteiger partial charge in [-0.15, -0.1) is 0 Å². The number of carbonyl (C=O) groups excluding carboxylic acids is 1. The second-order valence-corrected chi connectivity index (χ2v) is 10.8. The quantitative estimate of drug-likeness (QED) is 0.127. The normalized spacial score (nSPS) is 11.0. The zero-order chi connectivity index (χ0) is 28.6. The Morgan fingerprint density at radius 2 is 1.20 bits per heavy atom. The molecule has 0 aliphatic rings. The lowest BCUT2D eigenvalue weighted by Crippen LogP contribution is -2.39. The van der Waals surface area contributed by atoms with Crippen LogP contribution in [0.5, 0.6) is 0 Å². The molecule has 3 aromatic carbocycles. The van der Waals surface area contributed by atoms with Gasteiger partial charge in [-0.05, 0) is 73.2 Å². The van der Waals surface area contributed by atoms with Crippen molar-refractivity contribution in [2.24, 2.45) is 0 Å². The van der Waals surface area contributed by atoms with Crippen LogP contribution in [0.3, 0.4) is 0 Å². The first-order chi connectivity index (χ1) is 19.6. The number of nitrogens with zero attached hydrogens (tertiary/aromatic N) is 3. The summed E-state index contributed by atoms with van der Waals surface area (Å²) in [6.07, 6.45) is 9.47. The predicted molar refractivity (Wildman–Crippen MR) is 169 cm³/mol. The molecule has 212 valence electrons. The van der Waals surface area contributed by atoms with Gasteiger partial charge in [0, 0.05) is 25.2 Å². The summed E-state index contributed by atoms with van der Waals surface area (Å²) < 4.78 is 0. The van der Waals surface area contributed by atoms with Crippen molar-refractivity contribution in [2.75, 3.05) is 26.2 Å². The number of amides is 1. The Morgan fingerprint density at radius 3 is 1.75 bits per heavy atom. The van der Waals surface area contributed by atoms with Gasteiger partial charge in [-0.3, -0.25) is 4.79 Å². The molecule has 0 spiro atoms. The van der Waals surface area contributed by atoms with E-state index in [1.807, 2.05) is 41.3 Å². The van der Waals surface area contributed by atoms with Crippen LogP contribution in [0.1, 0.15) is 87.2 Å². The molecule has 3 aromatic rings. The van der Waals surface area contributed by atoms with Crippen LogP contribution in [0.2, 0.25) is 0 Å². The third kappa shape index (κ3) is 9.96. The lowest BCUT2D eigenvalue weighted by Gasteiger charge is -2.28. The van der Waals surface area contributed by atoms with Crippen LogP contribution in [0.25, 0.3) is 16.0 Å². The Balaban J connectivity index is 1.75. The van der Waals surface area contributed by atoms with Crippen LogP contribution >= 0.6 is 0 Å². The molecule has 0 saturated heterocycles. The molecular formula is C36H47N3O. The van der Waals surface area contributed by atoms with Crippen molar-refractivity contribution >= 4 is 11.6 Å². The van der Waals surface area contributed by atoms with Crippen molar-refractivity contribution in [3.05, 3.63) is 101 Å². The summed E-state index contributed by atoms with van der Waals surface area (Å²) in [6.45, 7) is 18.2. The largest absolute Gasteiger partial charge is 0.333 e. The second-order valence-electron chi connectivity index (χ2n) is 10.8. The summed E-state index contributed by atoms with van der Waals surface area (Å²) in [5.41, 5.74) is 6.05. The Labute approximate surface area is 242 Å². The average Bonchev–Trinajstić information content (AvgIpc) is 3.00. The van der Waals surface area contributed by atoms with E-state index < -0.39 is 0 Å². The third-order valence-corrected chi connectivity index (χ3v) is 7.56. The van der Waals surface area contributed by atoms with E-state index in [0.717, 1.165) is 48.3 Å². The van der Waals surface area contributed by atoms with E-state index in [1.165, 1.54) is 50.5 Å². The third-order valence-electron chi connectivity index (χ3n) is 7.56. The van der Waals surface area contributed by atoms with Gasteiger partial charge in [0.2, 0.25) is 0 Å². The summed E-state index contributed by atoms with van der Waals surface area (Å²) in [6, 6.07) is 24.5. The molecule has 40 heavy (non-hydrogen) atoms. The van der Waals surface area contributed by atoms with Gasteiger partial charge < -0.3 is 9.80 Å². The number of benzene rings is 3. The molecule has 0 unspecified atom stereocenters. The van der Waals surface area contributed by atoms with Crippen LogP contribution in [0.15, 0.2) is 72.8 Å². The highest BCUT2D eigenvalue weighted by Gasteiger charge is 2.18. The van der Waals surface area contributed by atoms with Crippen molar-refractivity contribution in [3.63, 3.8) is 0 Å². The number of carbonyl (C=O) groups is 1. The van der Waals surface area contributed by atoms with E-state index in [9.17, 15) is 4.79 Å². The van der Waals surface area contributed by atoms with E-state index in [0.29, 0.717) is 18.8 Å². The number of hydrogen-bond donors (Lipinski definition) is 0. The van der Waals surface area contributed by atoms with Crippen molar-refractivity contribution in [2.45, 2.75) is 78.7 Å². The fraction of sp³-hybridized carbons (Fsp3) is 0.444. The van der Waals surface area contributed by atoms with E-state index in [1.54, 1.807) is 0 Å². The molecular weight excluding hydrogens is 490 g/mol. The monoisotopic (exact) mass is 537 g/mol. The highest BCUT2D eigenvalue weighted by Crippen LogP contribution is 2.24. The molecule has 0 bridgehead atoms. The van der Waals surface area contributed by atoms with Crippen molar-refractivity contribution in [3.8, 4) is 11.1 Å². The maximum Gasteiger partial charge on any atom is 0.254 e. The molecule has 0 saturated carbocycles. The summed E-state index contributed by atoms with van der Waals surface area (Å²) >= 11 is 0. The second kappa shape index (κ2) is 17.3. The molecule has 4 nitrogen and oxygen atoms in total. The topological polar surface area (TPSA) is 27.9 Å². The van der Waals surface area contributed by atoms with Gasteiger partial charge in [0.05, 0.1) is 6.57 Å². The number of aryl methyl sites for hydroxylation is 1. The van der Waals surface area contributed by atoms with Gasteiger partial charge >= 0.3 is 0 Å². The minimum Gasteiger partial charge on any atom is -0.333 e. The number of rotatable bonds is 17. The molecule has 0 N–H and O–H groups in total. The Kier molecular flexibility index (Phi) is 13.5. The standard InChI is InChI=1S/C36H47N3O/c1-5-8-11-12-30-13-19-34(20-14-30)36(40)39(28-27-38(25-9-6-2)26-10-7-3)29-31-15-17-32(18-16-31)33-21-23-35(37-4)24-22-33/h13-24H,5-12,25-29H2,1-3H3. The number of hydrogen-bond acceptors (Lipinski definition) is 2. The van der Waals surface area contributed by atoms with E-state index >= 15 is 0 Å². The predicted octanol–water partition coefficient (Wildman–Crippen LogP) is 9.18. The molecule has 0 aliphatic carbocycles. The van der Waals surface area contributed by atoms with Crippen molar-refractivity contribution < 1.29 is 4.79 Å². The van der Waals surface area contributed by atoms with Crippen LogP contribution < -0.4 is 0 Å². The van der Waals surface area contributed by atoms with Gasteiger partial charge in [0.1, 0.15) is 0 Å². The fourth-order valence-corrected chi connectivity index (χ4v) is 4.94. The molecule has 0 aliphatic heterocycles. The fourth-order valence-electron chi connectivity index (χ4n) is 4.94. The average molecular weight is 538 g/mol. The van der Waals surface area contributed by atoms with E-state index in [4.69, 9.17) is 6.57 Å². The Morgan fingerprint density at radius 1 is 0.650 bits per heavy atom. The molecule has 0 heterocycles. The maximum atomic E-state index is 13.8. The molecule has 0 radical (unpaired) electrons. The minimum absolute atomic E-state index is 0.102. The van der Waals surface area contributed by atoms with Crippen LogP contribution in [-0.4, -0.2) is 41.9 Å².